The SMILES string of the molecule is Cc1ccc(OC[C@H](O)CN2CCc3ccccc3C2)c(C)c1. The number of aliphatic hydroxyl groups is 1. The van der Waals surface area contributed by atoms with Crippen LogP contribution in [0, 0.1) is 13.8 Å². The van der Waals surface area contributed by atoms with Crippen molar-refractivity contribution in [1.29, 1.82) is 0 Å². The van der Waals surface area contributed by atoms with Gasteiger partial charge in [-0.3, -0.25) is 4.90 Å². The van der Waals surface area contributed by atoms with Gasteiger partial charge in [-0.2, -0.15) is 0 Å². The van der Waals surface area contributed by atoms with Crippen molar-refractivity contribution in [3.05, 3.63) is 64.7 Å². The van der Waals surface area contributed by atoms with Gasteiger partial charge in [0.2, 0.25) is 0 Å². The smallest absolute Gasteiger partial charge is 0.122 e. The van der Waals surface area contributed by atoms with Crippen molar-refractivity contribution < 1.29 is 9.84 Å². The van der Waals surface area contributed by atoms with E-state index < -0.39 is 6.10 Å². The third-order valence-electron chi connectivity index (χ3n) is 4.44. The molecule has 0 unspecified atom stereocenters. The quantitative estimate of drug-likeness (QED) is 0.921. The highest BCUT2D eigenvalue weighted by molar-refractivity contribution is 5.35. The molecule has 0 saturated carbocycles. The van der Waals surface area contributed by atoms with Crippen LogP contribution in [-0.2, 0) is 13.0 Å². The van der Waals surface area contributed by atoms with Crippen molar-refractivity contribution in [2.24, 2.45) is 0 Å². The summed E-state index contributed by atoms with van der Waals surface area (Å²) in [7, 11) is 0. The maximum absolute atomic E-state index is 10.3. The van der Waals surface area contributed by atoms with Gasteiger partial charge < -0.3 is 9.84 Å². The molecule has 1 aliphatic rings. The molecule has 1 aliphatic heterocycles. The standard InChI is InChI=1S/C20H25NO2/c1-15-7-8-20(16(2)11-15)23-14-19(22)13-21-10-9-17-5-3-4-6-18(17)12-21/h3-8,11,19,22H,9-10,12-14H2,1-2H3/t19-/m1/s1. The van der Waals surface area contributed by atoms with Crippen molar-refractivity contribution >= 4 is 0 Å². The fourth-order valence-corrected chi connectivity index (χ4v) is 3.21. The maximum Gasteiger partial charge on any atom is 0.122 e. The van der Waals surface area contributed by atoms with E-state index in [0.717, 1.165) is 30.8 Å². The van der Waals surface area contributed by atoms with Gasteiger partial charge in [0.05, 0.1) is 0 Å². The van der Waals surface area contributed by atoms with Crippen LogP contribution in [0.4, 0.5) is 0 Å². The number of ether oxygens (including phenoxy) is 1. The van der Waals surface area contributed by atoms with Gasteiger partial charge in [0.15, 0.2) is 0 Å². The third kappa shape index (κ3) is 4.12. The largest absolute Gasteiger partial charge is 0.491 e. The zero-order chi connectivity index (χ0) is 16.2. The van der Waals surface area contributed by atoms with Crippen LogP contribution >= 0.6 is 0 Å². The van der Waals surface area contributed by atoms with Crippen molar-refractivity contribution in [2.45, 2.75) is 32.9 Å². The van der Waals surface area contributed by atoms with E-state index in [-0.39, 0.29) is 0 Å². The van der Waals surface area contributed by atoms with Gasteiger partial charge in [0, 0.05) is 19.6 Å². The molecular weight excluding hydrogens is 286 g/mol. The molecule has 3 heteroatoms. The summed E-state index contributed by atoms with van der Waals surface area (Å²) in [4.78, 5) is 2.30. The Bertz CT molecular complexity index is 668. The second kappa shape index (κ2) is 7.16. The summed E-state index contributed by atoms with van der Waals surface area (Å²) < 4.78 is 5.79. The summed E-state index contributed by atoms with van der Waals surface area (Å²) in [5.74, 6) is 0.860. The van der Waals surface area contributed by atoms with Crippen LogP contribution in [0.1, 0.15) is 22.3 Å². The lowest BCUT2D eigenvalue weighted by molar-refractivity contribution is 0.0635. The minimum Gasteiger partial charge on any atom is -0.491 e. The summed E-state index contributed by atoms with van der Waals surface area (Å²) in [6.45, 7) is 7.01. The Labute approximate surface area is 138 Å². The van der Waals surface area contributed by atoms with Gasteiger partial charge in [-0.25, -0.2) is 0 Å². The average Bonchev–Trinajstić information content (AvgIpc) is 2.54. The number of hydrogen-bond donors (Lipinski definition) is 1. The van der Waals surface area contributed by atoms with Crippen molar-refractivity contribution in [1.82, 2.24) is 4.90 Å². The lowest BCUT2D eigenvalue weighted by Gasteiger charge is -2.30. The molecule has 2 aromatic carbocycles. The van der Waals surface area contributed by atoms with Gasteiger partial charge in [-0.05, 0) is 43.0 Å². The predicted octanol–water partition coefficient (Wildman–Crippen LogP) is 3.10. The van der Waals surface area contributed by atoms with E-state index in [9.17, 15) is 5.11 Å². The number of nitrogens with zero attached hydrogens (tertiary/aromatic N) is 1. The number of β-amino-alcohol motifs (C(OH)–C–C–N with tert-alkyl or cyclic N) is 1. The molecule has 1 atom stereocenters. The van der Waals surface area contributed by atoms with Crippen molar-refractivity contribution in [3.63, 3.8) is 0 Å². The number of aryl methyl sites for hydroxylation is 2. The Hall–Kier alpha value is -1.84. The zero-order valence-electron chi connectivity index (χ0n) is 14.0. The first-order chi connectivity index (χ1) is 11.1. The van der Waals surface area contributed by atoms with Crippen LogP contribution in [0.3, 0.4) is 0 Å². The highest BCUT2D eigenvalue weighted by Gasteiger charge is 2.18. The molecule has 1 heterocycles. The third-order valence-corrected chi connectivity index (χ3v) is 4.44. The highest BCUT2D eigenvalue weighted by Crippen LogP contribution is 2.20. The molecule has 0 aliphatic carbocycles. The second-order valence-electron chi connectivity index (χ2n) is 6.49. The fourth-order valence-electron chi connectivity index (χ4n) is 3.21. The first-order valence-corrected chi connectivity index (χ1v) is 8.29. The highest BCUT2D eigenvalue weighted by atomic mass is 16.5. The topological polar surface area (TPSA) is 32.7 Å². The molecule has 0 aromatic heterocycles. The molecular formula is C20H25NO2. The van der Waals surface area contributed by atoms with Gasteiger partial charge in [-0.1, -0.05) is 42.0 Å². The Kier molecular flexibility index (Phi) is 4.99. The van der Waals surface area contributed by atoms with Gasteiger partial charge in [0.1, 0.15) is 18.5 Å². The Morgan fingerprint density at radius 3 is 2.70 bits per heavy atom. The summed E-state index contributed by atoms with van der Waals surface area (Å²) in [5.41, 5.74) is 5.15. The minimum absolute atomic E-state index is 0.335. The summed E-state index contributed by atoms with van der Waals surface area (Å²) in [6.07, 6.45) is 0.585. The van der Waals surface area contributed by atoms with Crippen LogP contribution < -0.4 is 4.74 Å². The number of aliphatic hydroxyl groups excluding tert-OH is 1. The van der Waals surface area contributed by atoms with E-state index in [4.69, 9.17) is 4.74 Å². The number of rotatable bonds is 5. The molecule has 0 amide bonds. The van der Waals surface area contributed by atoms with E-state index >= 15 is 0 Å². The summed E-state index contributed by atoms with van der Waals surface area (Å²) in [6, 6.07) is 14.7. The number of hydrogen-bond acceptors (Lipinski definition) is 3. The van der Waals surface area contributed by atoms with Crippen LogP contribution in [-0.4, -0.2) is 35.8 Å². The van der Waals surface area contributed by atoms with Crippen molar-refractivity contribution in [2.75, 3.05) is 19.7 Å². The Balaban J connectivity index is 1.51. The molecule has 23 heavy (non-hydrogen) atoms. The molecule has 0 spiro atoms. The molecule has 3 nitrogen and oxygen atoms in total. The Morgan fingerprint density at radius 2 is 1.91 bits per heavy atom. The molecule has 0 fully saturated rings. The average molecular weight is 311 g/mol. The molecule has 3 rings (SSSR count). The van der Waals surface area contributed by atoms with Crippen LogP contribution in [0.2, 0.25) is 0 Å². The van der Waals surface area contributed by atoms with E-state index in [1.54, 1.807) is 0 Å². The molecule has 1 N–H and O–H groups in total. The van der Waals surface area contributed by atoms with Gasteiger partial charge >= 0.3 is 0 Å². The Morgan fingerprint density at radius 1 is 1.13 bits per heavy atom. The normalized spacial score (nSPS) is 16.0. The second-order valence-corrected chi connectivity index (χ2v) is 6.49. The number of benzene rings is 2. The monoisotopic (exact) mass is 311 g/mol. The summed E-state index contributed by atoms with van der Waals surface area (Å²) in [5, 5.41) is 10.3. The first kappa shape index (κ1) is 16.0. The summed E-state index contributed by atoms with van der Waals surface area (Å²) >= 11 is 0. The van der Waals surface area contributed by atoms with E-state index in [0.29, 0.717) is 13.2 Å². The van der Waals surface area contributed by atoms with Gasteiger partial charge in [-0.15, -0.1) is 0 Å². The lowest BCUT2D eigenvalue weighted by atomic mass is 10.00. The number of fused-ring (bicyclic) bond motifs is 1. The van der Waals surface area contributed by atoms with Crippen LogP contribution in [0.5, 0.6) is 5.75 Å². The maximum atomic E-state index is 10.3. The van der Waals surface area contributed by atoms with E-state index in [1.165, 1.54) is 16.7 Å². The molecule has 2 aromatic rings. The predicted molar refractivity (Wildman–Crippen MR) is 92.8 cm³/mol. The zero-order valence-corrected chi connectivity index (χ0v) is 14.0. The minimum atomic E-state index is -0.471. The van der Waals surface area contributed by atoms with Crippen LogP contribution in [0.25, 0.3) is 0 Å². The molecule has 122 valence electrons. The van der Waals surface area contributed by atoms with Gasteiger partial charge in [0.25, 0.3) is 0 Å². The fraction of sp³-hybridized carbons (Fsp3) is 0.400. The van der Waals surface area contributed by atoms with Crippen molar-refractivity contribution in [3.8, 4) is 5.75 Å². The molecule has 0 radical (unpaired) electrons. The molecule has 0 bridgehead atoms. The lowest BCUT2D eigenvalue weighted by Crippen LogP contribution is -2.38. The van der Waals surface area contributed by atoms with E-state index in [1.807, 2.05) is 19.1 Å². The molecule has 0 saturated heterocycles. The van der Waals surface area contributed by atoms with E-state index in [2.05, 4.69) is 42.2 Å². The first-order valence-electron chi connectivity index (χ1n) is 8.29. The van der Waals surface area contributed by atoms with Crippen LogP contribution in [0.15, 0.2) is 42.5 Å².